The van der Waals surface area contributed by atoms with Gasteiger partial charge in [-0.1, -0.05) is 23.2 Å². The van der Waals surface area contributed by atoms with Gasteiger partial charge in [0, 0.05) is 23.1 Å². The summed E-state index contributed by atoms with van der Waals surface area (Å²) in [6, 6.07) is 14.9. The zero-order chi connectivity index (χ0) is 19.9. The van der Waals surface area contributed by atoms with Gasteiger partial charge in [-0.05, 0) is 54.6 Å². The van der Waals surface area contributed by atoms with Gasteiger partial charge in [0.25, 0.3) is 0 Å². The maximum Gasteiger partial charge on any atom is 0.233 e. The molecule has 0 fully saturated rings. The molecule has 0 radical (unpaired) electrons. The number of benzene rings is 2. The summed E-state index contributed by atoms with van der Waals surface area (Å²) in [6.45, 7) is 0. The van der Waals surface area contributed by atoms with Gasteiger partial charge in [-0.3, -0.25) is 14.6 Å². The predicted molar refractivity (Wildman–Crippen MR) is 109 cm³/mol. The van der Waals surface area contributed by atoms with Crippen LogP contribution < -0.4 is 15.4 Å². The zero-order valence-corrected chi connectivity index (χ0v) is 16.0. The summed E-state index contributed by atoms with van der Waals surface area (Å²) >= 11 is 11.8. The van der Waals surface area contributed by atoms with Gasteiger partial charge in [0.15, 0.2) is 0 Å². The van der Waals surface area contributed by atoms with E-state index in [1.807, 2.05) is 0 Å². The number of hydrogen-bond donors (Lipinski definition) is 2. The topological polar surface area (TPSA) is 80.3 Å². The second-order valence-electron chi connectivity index (χ2n) is 5.71. The summed E-state index contributed by atoms with van der Waals surface area (Å²) in [6.07, 6.45) is 2.91. The van der Waals surface area contributed by atoms with Crippen LogP contribution in [0.25, 0.3) is 0 Å². The third-order valence-corrected chi connectivity index (χ3v) is 4.10. The van der Waals surface area contributed by atoms with Crippen molar-refractivity contribution in [3.63, 3.8) is 0 Å². The molecule has 6 nitrogen and oxygen atoms in total. The Morgan fingerprint density at radius 2 is 1.50 bits per heavy atom. The van der Waals surface area contributed by atoms with E-state index < -0.39 is 11.8 Å². The van der Waals surface area contributed by atoms with E-state index in [9.17, 15) is 9.59 Å². The van der Waals surface area contributed by atoms with Crippen LogP contribution in [-0.2, 0) is 9.59 Å². The standard InChI is InChI=1S/C20H15Cl2N3O3/c21-13-1-6-18(17(22)11-13)25-20(27)12-19(26)24-14-2-4-15(5-3-14)28-16-7-9-23-10-8-16/h1-11H,12H2,(H,24,26)(H,25,27). The summed E-state index contributed by atoms with van der Waals surface area (Å²) in [5, 5.41) is 5.98. The van der Waals surface area contributed by atoms with Gasteiger partial charge in [0.2, 0.25) is 11.8 Å². The molecule has 142 valence electrons. The Hall–Kier alpha value is -3.09. The lowest BCUT2D eigenvalue weighted by molar-refractivity contribution is -0.123. The minimum Gasteiger partial charge on any atom is -0.457 e. The van der Waals surface area contributed by atoms with E-state index in [1.54, 1.807) is 60.9 Å². The second-order valence-corrected chi connectivity index (χ2v) is 6.55. The van der Waals surface area contributed by atoms with Crippen LogP contribution in [0.1, 0.15) is 6.42 Å². The number of carbonyl (C=O) groups is 2. The van der Waals surface area contributed by atoms with Crippen LogP contribution in [0.2, 0.25) is 10.0 Å². The molecule has 0 aliphatic carbocycles. The van der Waals surface area contributed by atoms with E-state index in [0.717, 1.165) is 0 Å². The number of ether oxygens (including phenoxy) is 1. The number of hydrogen-bond acceptors (Lipinski definition) is 4. The first-order valence-corrected chi connectivity index (χ1v) is 8.98. The Balaban J connectivity index is 1.52. The number of amides is 2. The highest BCUT2D eigenvalue weighted by molar-refractivity contribution is 6.36. The minimum atomic E-state index is -0.487. The van der Waals surface area contributed by atoms with E-state index >= 15 is 0 Å². The predicted octanol–water partition coefficient (Wildman–Crippen LogP) is 5.15. The Morgan fingerprint density at radius 1 is 0.857 bits per heavy atom. The maximum absolute atomic E-state index is 12.1. The molecule has 0 saturated heterocycles. The Labute approximate surface area is 171 Å². The fourth-order valence-electron chi connectivity index (χ4n) is 2.28. The van der Waals surface area contributed by atoms with Gasteiger partial charge in [-0.2, -0.15) is 0 Å². The van der Waals surface area contributed by atoms with Gasteiger partial charge in [-0.25, -0.2) is 0 Å². The lowest BCUT2D eigenvalue weighted by Crippen LogP contribution is -2.21. The first-order valence-electron chi connectivity index (χ1n) is 8.22. The summed E-state index contributed by atoms with van der Waals surface area (Å²) in [4.78, 5) is 28.0. The van der Waals surface area contributed by atoms with Crippen LogP contribution in [-0.4, -0.2) is 16.8 Å². The highest BCUT2D eigenvalue weighted by Crippen LogP contribution is 2.25. The summed E-state index contributed by atoms with van der Waals surface area (Å²) in [5.74, 6) is 0.327. The third kappa shape index (κ3) is 5.70. The molecular formula is C20H15Cl2N3O3. The SMILES string of the molecule is O=C(CC(=O)Nc1ccc(Cl)cc1Cl)Nc1ccc(Oc2ccncc2)cc1. The molecule has 3 rings (SSSR count). The maximum atomic E-state index is 12.1. The van der Waals surface area contributed by atoms with Crippen molar-refractivity contribution in [1.29, 1.82) is 0 Å². The highest BCUT2D eigenvalue weighted by atomic mass is 35.5. The first kappa shape index (κ1) is 19.7. The summed E-state index contributed by atoms with van der Waals surface area (Å²) < 4.78 is 5.65. The molecule has 0 aliphatic rings. The molecule has 2 aromatic carbocycles. The third-order valence-electron chi connectivity index (χ3n) is 3.55. The average molecular weight is 416 g/mol. The lowest BCUT2D eigenvalue weighted by Gasteiger charge is -2.09. The van der Waals surface area contributed by atoms with Gasteiger partial charge >= 0.3 is 0 Å². The van der Waals surface area contributed by atoms with Crippen molar-refractivity contribution >= 4 is 46.4 Å². The Morgan fingerprint density at radius 3 is 2.18 bits per heavy atom. The number of nitrogens with one attached hydrogen (secondary N) is 2. The van der Waals surface area contributed by atoms with Crippen molar-refractivity contribution in [2.75, 3.05) is 10.6 Å². The first-order chi connectivity index (χ1) is 13.5. The van der Waals surface area contributed by atoms with Crippen LogP contribution in [0.5, 0.6) is 11.5 Å². The van der Waals surface area contributed by atoms with Crippen molar-refractivity contribution in [1.82, 2.24) is 4.98 Å². The summed E-state index contributed by atoms with van der Waals surface area (Å²) in [7, 11) is 0. The second kappa shape index (κ2) is 9.21. The zero-order valence-electron chi connectivity index (χ0n) is 14.5. The molecule has 1 heterocycles. The number of carbonyl (C=O) groups excluding carboxylic acids is 2. The monoisotopic (exact) mass is 415 g/mol. The Bertz CT molecular complexity index is 980. The molecular weight excluding hydrogens is 401 g/mol. The molecule has 0 unspecified atom stereocenters. The summed E-state index contributed by atoms with van der Waals surface area (Å²) in [5.41, 5.74) is 0.936. The van der Waals surface area contributed by atoms with Crippen molar-refractivity contribution < 1.29 is 14.3 Å². The fraction of sp³-hybridized carbons (Fsp3) is 0.0500. The molecule has 8 heteroatoms. The molecule has 2 N–H and O–H groups in total. The van der Waals surface area contributed by atoms with Crippen LogP contribution in [0.3, 0.4) is 0 Å². The molecule has 0 spiro atoms. The van der Waals surface area contributed by atoms with E-state index in [1.165, 1.54) is 6.07 Å². The lowest BCUT2D eigenvalue weighted by atomic mass is 10.2. The quantitative estimate of drug-likeness (QED) is 0.545. The minimum absolute atomic E-state index is 0.297. The number of rotatable bonds is 6. The van der Waals surface area contributed by atoms with Crippen molar-refractivity contribution in [2.45, 2.75) is 6.42 Å². The number of halogens is 2. The van der Waals surface area contributed by atoms with E-state index in [0.29, 0.717) is 32.9 Å². The van der Waals surface area contributed by atoms with E-state index in [-0.39, 0.29) is 6.42 Å². The molecule has 0 aliphatic heterocycles. The van der Waals surface area contributed by atoms with Crippen molar-refractivity contribution in [2.24, 2.45) is 0 Å². The number of anilines is 2. The average Bonchev–Trinajstić information content (AvgIpc) is 2.66. The molecule has 28 heavy (non-hydrogen) atoms. The molecule has 0 atom stereocenters. The highest BCUT2D eigenvalue weighted by Gasteiger charge is 2.12. The van der Waals surface area contributed by atoms with Crippen LogP contribution in [0.15, 0.2) is 67.0 Å². The van der Waals surface area contributed by atoms with Gasteiger partial charge in [0.1, 0.15) is 17.9 Å². The van der Waals surface area contributed by atoms with Crippen molar-refractivity contribution in [3.8, 4) is 11.5 Å². The largest absolute Gasteiger partial charge is 0.457 e. The van der Waals surface area contributed by atoms with Gasteiger partial charge in [-0.15, -0.1) is 0 Å². The normalized spacial score (nSPS) is 10.2. The fourth-order valence-corrected chi connectivity index (χ4v) is 2.74. The number of pyridine rings is 1. The molecule has 0 bridgehead atoms. The molecule has 1 aromatic heterocycles. The number of aromatic nitrogens is 1. The molecule has 2 amide bonds. The Kier molecular flexibility index (Phi) is 6.47. The van der Waals surface area contributed by atoms with Crippen LogP contribution >= 0.6 is 23.2 Å². The molecule has 3 aromatic rings. The van der Waals surface area contributed by atoms with Gasteiger partial charge in [0.05, 0.1) is 10.7 Å². The van der Waals surface area contributed by atoms with Crippen LogP contribution in [0.4, 0.5) is 11.4 Å². The van der Waals surface area contributed by atoms with Crippen molar-refractivity contribution in [3.05, 3.63) is 77.0 Å². The number of nitrogens with zero attached hydrogens (tertiary/aromatic N) is 1. The van der Waals surface area contributed by atoms with Crippen LogP contribution in [0, 0.1) is 0 Å². The van der Waals surface area contributed by atoms with E-state index in [4.69, 9.17) is 27.9 Å². The van der Waals surface area contributed by atoms with E-state index in [2.05, 4.69) is 15.6 Å². The van der Waals surface area contributed by atoms with Gasteiger partial charge < -0.3 is 15.4 Å². The smallest absolute Gasteiger partial charge is 0.233 e. The molecule has 0 saturated carbocycles.